The number of hydrogen-bond acceptors (Lipinski definition) is 9. The molecule has 0 radical (unpaired) electrons. The predicted molar refractivity (Wildman–Crippen MR) is 154 cm³/mol. The number of carbonyl (C=O) groups is 1. The van der Waals surface area contributed by atoms with Crippen molar-refractivity contribution in [3.63, 3.8) is 0 Å². The highest BCUT2D eigenvalue weighted by Gasteiger charge is 2.41. The van der Waals surface area contributed by atoms with Crippen LogP contribution in [-0.2, 0) is 10.0 Å². The van der Waals surface area contributed by atoms with E-state index < -0.39 is 15.9 Å². The number of aromatic nitrogens is 3. The summed E-state index contributed by atoms with van der Waals surface area (Å²) in [6.07, 6.45) is 0.914. The van der Waals surface area contributed by atoms with Gasteiger partial charge in [-0.25, -0.2) is 19.7 Å². The molecule has 10 nitrogen and oxygen atoms in total. The molecule has 4 rings (SSSR count). The highest BCUT2D eigenvalue weighted by atomic mass is 32.2. The monoisotopic (exact) mass is 551 g/mol. The standard InChI is InChI=1S/C28H37N7O3S/c1-17(2)16-30-23-13-10-18(3)25(33-23)21-12-11-20(26(31-21)35-15-14-19(4)28(35,5)6)27(36)34-39(37,38)24-9-7-8-22(29)32-24/h7-13,17,19H,14-16H2,1-6H3,(H2,29,32)(H,30,33)(H,34,36). The number of pyridine rings is 3. The fraction of sp³-hybridized carbons (Fsp3) is 0.429. The normalized spacial score (nSPS) is 16.9. The van der Waals surface area contributed by atoms with Crippen LogP contribution in [0, 0.1) is 18.8 Å². The van der Waals surface area contributed by atoms with Crippen molar-refractivity contribution in [1.29, 1.82) is 0 Å². The van der Waals surface area contributed by atoms with Gasteiger partial charge in [-0.1, -0.05) is 32.9 Å². The van der Waals surface area contributed by atoms with Gasteiger partial charge in [-0.15, -0.1) is 0 Å². The molecular weight excluding hydrogens is 514 g/mol. The number of hydrogen-bond donors (Lipinski definition) is 3. The number of nitrogens with one attached hydrogen (secondary N) is 2. The molecule has 11 heteroatoms. The maximum absolute atomic E-state index is 13.5. The summed E-state index contributed by atoms with van der Waals surface area (Å²) in [5, 5.41) is 3.02. The maximum atomic E-state index is 13.5. The fourth-order valence-electron chi connectivity index (χ4n) is 4.58. The molecule has 1 unspecified atom stereocenters. The SMILES string of the molecule is Cc1ccc(NCC(C)C)nc1-c1ccc(C(=O)NS(=O)(=O)c2cccc(N)n2)c(N2CCC(C)C2(C)C)n1. The Morgan fingerprint density at radius 2 is 1.87 bits per heavy atom. The third-order valence-corrected chi connectivity index (χ3v) is 8.57. The minimum absolute atomic E-state index is 0.0396. The Bertz CT molecular complexity index is 1490. The lowest BCUT2D eigenvalue weighted by atomic mass is 9.90. The van der Waals surface area contributed by atoms with Crippen molar-refractivity contribution in [3.8, 4) is 11.4 Å². The number of nitrogen functional groups attached to an aromatic ring is 1. The lowest BCUT2D eigenvalue weighted by Crippen LogP contribution is -2.43. The first-order valence-corrected chi connectivity index (χ1v) is 14.6. The van der Waals surface area contributed by atoms with E-state index in [1.807, 2.05) is 19.1 Å². The predicted octanol–water partition coefficient (Wildman–Crippen LogP) is 4.24. The van der Waals surface area contributed by atoms with Gasteiger partial charge in [0.25, 0.3) is 15.9 Å². The number of amides is 1. The third kappa shape index (κ3) is 5.98. The highest BCUT2D eigenvalue weighted by molar-refractivity contribution is 7.90. The van der Waals surface area contributed by atoms with E-state index in [0.717, 1.165) is 24.3 Å². The van der Waals surface area contributed by atoms with Crippen LogP contribution in [0.2, 0.25) is 0 Å². The van der Waals surface area contributed by atoms with Crippen molar-refractivity contribution in [3.05, 3.63) is 53.6 Å². The zero-order valence-corrected chi connectivity index (χ0v) is 24.1. The number of aryl methyl sites for hydroxylation is 1. The van der Waals surface area contributed by atoms with Gasteiger partial charge in [0.2, 0.25) is 0 Å². The van der Waals surface area contributed by atoms with Crippen LogP contribution in [0.4, 0.5) is 17.5 Å². The van der Waals surface area contributed by atoms with Crippen LogP contribution in [0.1, 0.15) is 57.0 Å². The molecule has 208 valence electrons. The van der Waals surface area contributed by atoms with Gasteiger partial charge in [0.15, 0.2) is 5.03 Å². The second kappa shape index (κ2) is 10.8. The Labute approximate surface area is 230 Å². The lowest BCUT2D eigenvalue weighted by Gasteiger charge is -2.36. The topological polar surface area (TPSA) is 143 Å². The summed E-state index contributed by atoms with van der Waals surface area (Å²) in [4.78, 5) is 29.1. The molecule has 4 heterocycles. The molecule has 0 bridgehead atoms. The molecule has 1 fully saturated rings. The average Bonchev–Trinajstić information content (AvgIpc) is 3.14. The number of rotatable bonds is 8. The van der Waals surface area contributed by atoms with Gasteiger partial charge in [0.05, 0.1) is 17.0 Å². The van der Waals surface area contributed by atoms with Crippen LogP contribution in [-0.4, -0.2) is 47.9 Å². The molecule has 1 amide bonds. The zero-order valence-electron chi connectivity index (χ0n) is 23.3. The fourth-order valence-corrected chi connectivity index (χ4v) is 5.52. The molecule has 0 spiro atoms. The van der Waals surface area contributed by atoms with Crippen LogP contribution in [0.15, 0.2) is 47.5 Å². The summed E-state index contributed by atoms with van der Waals surface area (Å²) < 4.78 is 28.1. The number of nitrogens with two attached hydrogens (primary N) is 1. The highest BCUT2D eigenvalue weighted by Crippen LogP contribution is 2.39. The summed E-state index contributed by atoms with van der Waals surface area (Å²) in [6.45, 7) is 14.0. The lowest BCUT2D eigenvalue weighted by molar-refractivity contribution is 0.0981. The second-order valence-corrected chi connectivity index (χ2v) is 12.7. The summed E-state index contributed by atoms with van der Waals surface area (Å²) in [5.74, 6) is 1.19. The number of nitrogens with zero attached hydrogens (tertiary/aromatic N) is 4. The smallest absolute Gasteiger partial charge is 0.281 e. The van der Waals surface area contributed by atoms with Gasteiger partial charge >= 0.3 is 0 Å². The molecule has 0 saturated carbocycles. The number of sulfonamides is 1. The second-order valence-electron chi connectivity index (χ2n) is 11.0. The maximum Gasteiger partial charge on any atom is 0.281 e. The molecule has 1 aliphatic rings. The van der Waals surface area contributed by atoms with Gasteiger partial charge < -0.3 is 16.0 Å². The quantitative estimate of drug-likeness (QED) is 0.374. The van der Waals surface area contributed by atoms with E-state index in [2.05, 4.69) is 54.5 Å². The van der Waals surface area contributed by atoms with Crippen molar-refractivity contribution < 1.29 is 13.2 Å². The van der Waals surface area contributed by atoms with Crippen LogP contribution in [0.25, 0.3) is 11.4 Å². The Hall–Kier alpha value is -3.73. The van der Waals surface area contributed by atoms with E-state index in [-0.39, 0.29) is 21.9 Å². The summed E-state index contributed by atoms with van der Waals surface area (Å²) in [6, 6.07) is 11.5. The van der Waals surface area contributed by atoms with E-state index in [0.29, 0.717) is 35.6 Å². The molecule has 39 heavy (non-hydrogen) atoms. The molecule has 0 aromatic carbocycles. The molecule has 1 atom stereocenters. The minimum atomic E-state index is -4.26. The number of carbonyl (C=O) groups excluding carboxylic acids is 1. The van der Waals surface area contributed by atoms with Crippen molar-refractivity contribution >= 4 is 33.4 Å². The van der Waals surface area contributed by atoms with Crippen LogP contribution >= 0.6 is 0 Å². The van der Waals surface area contributed by atoms with Gasteiger partial charge in [-0.2, -0.15) is 8.42 Å². The van der Waals surface area contributed by atoms with Crippen LogP contribution < -0.4 is 20.7 Å². The molecule has 3 aromatic heterocycles. The van der Waals surface area contributed by atoms with E-state index in [1.54, 1.807) is 12.1 Å². The molecule has 4 N–H and O–H groups in total. The largest absolute Gasteiger partial charge is 0.384 e. The van der Waals surface area contributed by atoms with Crippen LogP contribution in [0.5, 0.6) is 0 Å². The summed E-state index contributed by atoms with van der Waals surface area (Å²) in [7, 11) is -4.26. The first-order chi connectivity index (χ1) is 18.3. The van der Waals surface area contributed by atoms with E-state index in [1.165, 1.54) is 18.2 Å². The molecule has 0 aliphatic carbocycles. The summed E-state index contributed by atoms with van der Waals surface area (Å²) in [5.41, 5.74) is 7.73. The average molecular weight is 552 g/mol. The van der Waals surface area contributed by atoms with E-state index in [9.17, 15) is 13.2 Å². The van der Waals surface area contributed by atoms with E-state index >= 15 is 0 Å². The Kier molecular flexibility index (Phi) is 7.83. The van der Waals surface area contributed by atoms with Crippen molar-refractivity contribution in [2.24, 2.45) is 11.8 Å². The Balaban J connectivity index is 1.77. The van der Waals surface area contributed by atoms with Crippen molar-refractivity contribution in [2.45, 2.75) is 58.5 Å². The zero-order chi connectivity index (χ0) is 28.5. The third-order valence-electron chi connectivity index (χ3n) is 7.34. The van der Waals surface area contributed by atoms with Gasteiger partial charge in [-0.3, -0.25) is 4.79 Å². The van der Waals surface area contributed by atoms with Crippen molar-refractivity contribution in [1.82, 2.24) is 19.7 Å². The minimum Gasteiger partial charge on any atom is -0.384 e. The molecule has 3 aromatic rings. The Morgan fingerprint density at radius 1 is 1.13 bits per heavy atom. The van der Waals surface area contributed by atoms with Gasteiger partial charge in [0, 0.05) is 18.6 Å². The first kappa shape index (κ1) is 28.3. The Morgan fingerprint density at radius 3 is 2.51 bits per heavy atom. The molecular formula is C28H37N7O3S. The van der Waals surface area contributed by atoms with Crippen LogP contribution in [0.3, 0.4) is 0 Å². The summed E-state index contributed by atoms with van der Waals surface area (Å²) >= 11 is 0. The first-order valence-electron chi connectivity index (χ1n) is 13.1. The van der Waals surface area contributed by atoms with Gasteiger partial charge in [-0.05, 0) is 74.9 Å². The molecule has 1 saturated heterocycles. The van der Waals surface area contributed by atoms with E-state index in [4.69, 9.17) is 15.7 Å². The number of anilines is 3. The van der Waals surface area contributed by atoms with Crippen molar-refractivity contribution in [2.75, 3.05) is 29.0 Å². The molecule has 1 aliphatic heterocycles. The van der Waals surface area contributed by atoms with Gasteiger partial charge in [0.1, 0.15) is 17.5 Å².